The number of amides is 1. The number of hydrogen-bond donors (Lipinski definition) is 1. The van der Waals surface area contributed by atoms with Crippen molar-refractivity contribution in [2.75, 3.05) is 0 Å². The molecule has 1 amide bonds. The molecule has 1 rings (SSSR count). The molecule has 1 unspecified atom stereocenters. The lowest BCUT2D eigenvalue weighted by molar-refractivity contribution is -0.117. The molecule has 2 N–H and O–H groups in total. The van der Waals surface area contributed by atoms with E-state index in [0.29, 0.717) is 11.4 Å². The van der Waals surface area contributed by atoms with E-state index in [9.17, 15) is 4.79 Å². The van der Waals surface area contributed by atoms with Gasteiger partial charge in [0.1, 0.15) is 0 Å². The second-order valence-electron chi connectivity index (χ2n) is 2.81. The number of rotatable bonds is 3. The molecule has 0 aliphatic rings. The van der Waals surface area contributed by atoms with Crippen LogP contribution in [-0.4, -0.2) is 10.7 Å². The molecule has 0 radical (unpaired) electrons. The van der Waals surface area contributed by atoms with Crippen molar-refractivity contribution in [3.8, 4) is 0 Å². The molecule has 5 heteroatoms. The molecule has 0 saturated carbocycles. The number of alkyl halides is 1. The number of benzene rings is 1. The highest BCUT2D eigenvalue weighted by Gasteiger charge is 2.13. The average molecular weight is 388 g/mol. The molecule has 0 spiro atoms. The van der Waals surface area contributed by atoms with Crippen molar-refractivity contribution in [2.24, 2.45) is 5.73 Å². The van der Waals surface area contributed by atoms with E-state index < -0.39 is 0 Å². The highest BCUT2D eigenvalue weighted by Crippen LogP contribution is 2.22. The predicted octanol–water partition coefficient (Wildman–Crippen LogP) is 2.74. The van der Waals surface area contributed by atoms with E-state index >= 15 is 0 Å². The van der Waals surface area contributed by atoms with Crippen molar-refractivity contribution in [1.82, 2.24) is 0 Å². The van der Waals surface area contributed by atoms with E-state index in [2.05, 4.69) is 38.5 Å². The van der Waals surface area contributed by atoms with Crippen LogP contribution in [0, 0.1) is 3.57 Å². The van der Waals surface area contributed by atoms with Gasteiger partial charge in [-0.3, -0.25) is 4.79 Å². The second kappa shape index (κ2) is 5.32. The monoisotopic (exact) mass is 387 g/mol. The molecule has 1 aromatic carbocycles. The minimum absolute atomic E-state index is 0.361. The minimum atomic E-state index is -0.375. The zero-order valence-corrected chi connectivity index (χ0v) is 11.6. The first-order valence-electron chi connectivity index (χ1n) is 3.88. The average Bonchev–Trinajstić information content (AvgIpc) is 2.09. The molecule has 2 nitrogen and oxygen atoms in total. The topological polar surface area (TPSA) is 43.1 Å². The van der Waals surface area contributed by atoms with Gasteiger partial charge in [0, 0.05) is 8.59 Å². The molecule has 1 aromatic rings. The Labute approximate surface area is 109 Å². The third-order valence-electron chi connectivity index (χ3n) is 1.72. The summed E-state index contributed by atoms with van der Waals surface area (Å²) in [5.41, 5.74) is 6.06. The number of nitrogens with two attached hydrogens (primary N) is 1. The van der Waals surface area contributed by atoms with Crippen LogP contribution in [0.3, 0.4) is 0 Å². The van der Waals surface area contributed by atoms with Gasteiger partial charge in [-0.25, -0.2) is 0 Å². The van der Waals surface area contributed by atoms with Gasteiger partial charge in [0.2, 0.25) is 5.91 Å². The summed E-state index contributed by atoms with van der Waals surface area (Å²) in [6.07, 6.45) is 0.519. The maximum absolute atomic E-state index is 10.8. The lowest BCUT2D eigenvalue weighted by Gasteiger charge is -2.07. The Bertz CT molecular complexity index is 359. The minimum Gasteiger partial charge on any atom is -0.369 e. The summed E-state index contributed by atoms with van der Waals surface area (Å²) < 4.78 is 1.07. The first-order chi connectivity index (χ1) is 6.50. The van der Waals surface area contributed by atoms with Crippen LogP contribution in [0.25, 0.3) is 0 Å². The van der Waals surface area contributed by atoms with Crippen LogP contribution < -0.4 is 5.73 Å². The Balaban J connectivity index is 2.82. The molecule has 1 atom stereocenters. The van der Waals surface area contributed by atoms with Gasteiger partial charge in [-0.2, -0.15) is 0 Å². The highest BCUT2D eigenvalue weighted by atomic mass is 127. The second-order valence-corrected chi connectivity index (χ2v) is 5.57. The van der Waals surface area contributed by atoms with E-state index in [1.807, 2.05) is 18.2 Å². The van der Waals surface area contributed by atoms with Gasteiger partial charge in [-0.1, -0.05) is 33.6 Å². The summed E-state index contributed by atoms with van der Waals surface area (Å²) >= 11 is 11.4. The van der Waals surface area contributed by atoms with Crippen LogP contribution in [-0.2, 0) is 11.2 Å². The van der Waals surface area contributed by atoms with Crippen molar-refractivity contribution in [2.45, 2.75) is 11.2 Å². The van der Waals surface area contributed by atoms with Gasteiger partial charge >= 0.3 is 0 Å². The van der Waals surface area contributed by atoms with Gasteiger partial charge in [-0.15, -0.1) is 0 Å². The first kappa shape index (κ1) is 12.3. The summed E-state index contributed by atoms with van der Waals surface area (Å²) in [6, 6.07) is 5.71. The summed E-state index contributed by atoms with van der Waals surface area (Å²) in [6.45, 7) is 0. The number of primary amides is 1. The third-order valence-corrected chi connectivity index (χ3v) is 3.52. The Morgan fingerprint density at radius 3 is 2.79 bits per heavy atom. The molecule has 0 aliphatic heterocycles. The fraction of sp³-hybridized carbons (Fsp3) is 0.222. The smallest absolute Gasteiger partial charge is 0.231 e. The third kappa shape index (κ3) is 3.40. The van der Waals surface area contributed by atoms with Crippen LogP contribution in [0.4, 0.5) is 0 Å². The molecule has 0 aromatic heterocycles. The van der Waals surface area contributed by atoms with Crippen LogP contribution >= 0.6 is 50.1 Å². The van der Waals surface area contributed by atoms with Gasteiger partial charge in [-0.05, 0) is 46.7 Å². The number of halogens is 3. The SMILES string of the molecule is NC(=O)C(Br)Cc1ccc(I)cc1Cl. The van der Waals surface area contributed by atoms with Crippen molar-refractivity contribution in [3.63, 3.8) is 0 Å². The fourth-order valence-electron chi connectivity index (χ4n) is 0.981. The fourth-order valence-corrected chi connectivity index (χ4v) is 2.26. The molecule has 14 heavy (non-hydrogen) atoms. The summed E-state index contributed by atoms with van der Waals surface area (Å²) in [7, 11) is 0. The molecular weight excluding hydrogens is 380 g/mol. The molecule has 0 aliphatic carbocycles. The molecular formula is C9H8BrClINO. The van der Waals surface area contributed by atoms with E-state index in [4.69, 9.17) is 17.3 Å². The van der Waals surface area contributed by atoms with Gasteiger partial charge in [0.15, 0.2) is 0 Å². The van der Waals surface area contributed by atoms with Crippen molar-refractivity contribution in [3.05, 3.63) is 32.4 Å². The molecule has 0 heterocycles. The van der Waals surface area contributed by atoms with Gasteiger partial charge in [0.25, 0.3) is 0 Å². The van der Waals surface area contributed by atoms with Crippen molar-refractivity contribution >= 4 is 56.0 Å². The molecule has 76 valence electrons. The number of carbonyl (C=O) groups is 1. The number of hydrogen-bond acceptors (Lipinski definition) is 1. The first-order valence-corrected chi connectivity index (χ1v) is 6.25. The summed E-state index contributed by atoms with van der Waals surface area (Å²) in [5, 5.41) is 0.669. The van der Waals surface area contributed by atoms with Crippen LogP contribution in [0.5, 0.6) is 0 Å². The lowest BCUT2D eigenvalue weighted by Crippen LogP contribution is -2.25. The normalized spacial score (nSPS) is 12.5. The highest BCUT2D eigenvalue weighted by molar-refractivity contribution is 14.1. The Hall–Kier alpha value is 0.190. The molecule has 0 fully saturated rings. The Morgan fingerprint density at radius 2 is 2.29 bits per heavy atom. The van der Waals surface area contributed by atoms with E-state index in [0.717, 1.165) is 9.13 Å². The van der Waals surface area contributed by atoms with Crippen LogP contribution in [0.1, 0.15) is 5.56 Å². The van der Waals surface area contributed by atoms with Crippen molar-refractivity contribution in [1.29, 1.82) is 0 Å². The Morgan fingerprint density at radius 1 is 1.64 bits per heavy atom. The van der Waals surface area contributed by atoms with Crippen LogP contribution in [0.2, 0.25) is 5.02 Å². The standard InChI is InChI=1S/C9H8BrClINO/c10-7(9(13)14)3-5-1-2-6(12)4-8(5)11/h1-2,4,7H,3H2,(H2,13,14). The lowest BCUT2D eigenvalue weighted by atomic mass is 10.1. The van der Waals surface area contributed by atoms with Gasteiger partial charge < -0.3 is 5.73 Å². The molecule has 0 saturated heterocycles. The quantitative estimate of drug-likeness (QED) is 0.628. The van der Waals surface area contributed by atoms with Gasteiger partial charge in [0.05, 0.1) is 4.83 Å². The largest absolute Gasteiger partial charge is 0.369 e. The summed E-state index contributed by atoms with van der Waals surface area (Å²) in [4.78, 5) is 10.5. The van der Waals surface area contributed by atoms with Crippen LogP contribution in [0.15, 0.2) is 18.2 Å². The maximum Gasteiger partial charge on any atom is 0.231 e. The zero-order chi connectivity index (χ0) is 10.7. The number of carbonyl (C=O) groups excluding carboxylic acids is 1. The van der Waals surface area contributed by atoms with Crippen molar-refractivity contribution < 1.29 is 4.79 Å². The van der Waals surface area contributed by atoms with E-state index in [1.54, 1.807) is 0 Å². The molecule has 0 bridgehead atoms. The zero-order valence-electron chi connectivity index (χ0n) is 7.14. The summed E-state index contributed by atoms with van der Waals surface area (Å²) in [5.74, 6) is -0.375. The predicted molar refractivity (Wildman–Crippen MR) is 69.8 cm³/mol. The van der Waals surface area contributed by atoms with E-state index in [-0.39, 0.29) is 10.7 Å². The maximum atomic E-state index is 10.8. The Kier molecular flexibility index (Phi) is 4.66. The van der Waals surface area contributed by atoms with E-state index in [1.165, 1.54) is 0 Å².